The summed E-state index contributed by atoms with van der Waals surface area (Å²) in [4.78, 5) is 0. The summed E-state index contributed by atoms with van der Waals surface area (Å²) in [7, 11) is -4.92. The third-order valence-corrected chi connectivity index (χ3v) is 3.75. The fourth-order valence-electron chi connectivity index (χ4n) is 1.43. The molecule has 0 aromatic rings. The van der Waals surface area contributed by atoms with E-state index in [1.165, 1.54) is 0 Å². The molecular weight excluding hydrogens is 502 g/mol. The van der Waals surface area contributed by atoms with Gasteiger partial charge < -0.3 is 9.29 Å². The van der Waals surface area contributed by atoms with Gasteiger partial charge >= 0.3 is 87.2 Å². The topological polar surface area (TPSA) is 66.4 Å². The Balaban J connectivity index is 0. The Morgan fingerprint density at radius 3 is 1.41 bits per heavy atom. The maximum atomic E-state index is 13.2. The van der Waals surface area contributed by atoms with Crippen molar-refractivity contribution in [2.24, 2.45) is 0 Å². The van der Waals surface area contributed by atoms with Gasteiger partial charge in [0.15, 0.2) is 0 Å². The van der Waals surface area contributed by atoms with Gasteiger partial charge in [0, 0.05) is 12.4 Å². The normalized spacial score (nSPS) is 15.2. The van der Waals surface area contributed by atoms with E-state index >= 15 is 0 Å². The van der Waals surface area contributed by atoms with Crippen molar-refractivity contribution in [1.29, 1.82) is 0 Å². The minimum Gasteiger partial charge on any atom is -0.748 e. The zero-order valence-electron chi connectivity index (χ0n) is 13.8. The smallest absolute Gasteiger partial charge is 0.748 e. The Kier molecular flexibility index (Phi) is 10.5. The quantitative estimate of drug-likeness (QED) is 0.188. The van der Waals surface area contributed by atoms with E-state index in [1.54, 1.807) is 0 Å². The molecule has 0 bridgehead atoms. The van der Waals surface area contributed by atoms with Gasteiger partial charge in [0.05, 0.1) is 10.1 Å². The van der Waals surface area contributed by atoms with Crippen LogP contribution in [0.3, 0.4) is 0 Å². The zero-order chi connectivity index (χ0) is 23.0. The summed E-state index contributed by atoms with van der Waals surface area (Å²) in [5.41, 5.74) is 0. The first-order chi connectivity index (χ1) is 12.0. The van der Waals surface area contributed by atoms with Crippen LogP contribution in [0.5, 0.6) is 0 Å². The third kappa shape index (κ3) is 6.54. The van der Waals surface area contributed by atoms with Gasteiger partial charge in [-0.25, -0.2) is 8.42 Å². The Morgan fingerprint density at radius 2 is 1.07 bits per heavy atom. The van der Waals surface area contributed by atoms with Crippen LogP contribution in [0, 0.1) is 0 Å². The van der Waals surface area contributed by atoms with Crippen molar-refractivity contribution < 1.29 is 126 Å². The number of hydrogen-bond donors (Lipinski definition) is 0. The van der Waals surface area contributed by atoms with E-state index in [9.17, 15) is 70.0 Å². The van der Waals surface area contributed by atoms with Crippen molar-refractivity contribution in [1.82, 2.24) is 0 Å². The van der Waals surface area contributed by atoms with Gasteiger partial charge in [-0.2, -0.15) is 57.1 Å². The molecule has 0 rings (SSSR count). The second-order valence-corrected chi connectivity index (χ2v) is 6.69. The molecule has 0 N–H and O–H groups in total. The zero-order valence-corrected chi connectivity index (χ0v) is 17.7. The molecule has 0 saturated carbocycles. The van der Waals surface area contributed by atoms with Crippen LogP contribution in [0.4, 0.5) is 57.1 Å². The number of rotatable bonds is 10. The van der Waals surface area contributed by atoms with Gasteiger partial charge in [-0.15, -0.1) is 0 Å². The molecule has 29 heavy (non-hydrogen) atoms. The van der Waals surface area contributed by atoms with Crippen molar-refractivity contribution in [2.75, 3.05) is 19.0 Å². The van der Waals surface area contributed by atoms with Crippen molar-refractivity contribution in [3.63, 3.8) is 0 Å². The summed E-state index contributed by atoms with van der Waals surface area (Å²) in [6.45, 7) is -4.18. The van der Waals surface area contributed by atoms with Gasteiger partial charge in [0.1, 0.15) is 6.61 Å². The molecular formula is C10H8F13KO4S. The summed E-state index contributed by atoms with van der Waals surface area (Å²) in [5, 5.41) is 0. The van der Waals surface area contributed by atoms with E-state index in [1.807, 2.05) is 0 Å². The van der Waals surface area contributed by atoms with Gasteiger partial charge in [0.25, 0.3) is 0 Å². The molecule has 0 saturated heterocycles. The molecule has 0 aromatic carbocycles. The molecule has 170 valence electrons. The summed E-state index contributed by atoms with van der Waals surface area (Å²) in [5.74, 6) is -38.9. The maximum absolute atomic E-state index is 13.2. The molecule has 0 fully saturated rings. The van der Waals surface area contributed by atoms with Gasteiger partial charge in [-0.1, -0.05) is 0 Å². The summed E-state index contributed by atoms with van der Waals surface area (Å²) >= 11 is 0. The van der Waals surface area contributed by atoms with E-state index in [2.05, 4.69) is 4.74 Å². The van der Waals surface area contributed by atoms with Crippen molar-refractivity contribution in [3.05, 3.63) is 0 Å². The van der Waals surface area contributed by atoms with E-state index in [-0.39, 0.29) is 51.4 Å². The second-order valence-electron chi connectivity index (χ2n) is 5.17. The van der Waals surface area contributed by atoms with Crippen molar-refractivity contribution in [2.45, 2.75) is 42.2 Å². The van der Waals surface area contributed by atoms with Crippen LogP contribution in [-0.2, 0) is 14.9 Å². The summed E-state index contributed by atoms with van der Waals surface area (Å²) < 4.78 is 199. The van der Waals surface area contributed by atoms with E-state index < -0.39 is 71.3 Å². The van der Waals surface area contributed by atoms with E-state index in [0.29, 0.717) is 0 Å². The van der Waals surface area contributed by atoms with E-state index in [4.69, 9.17) is 0 Å². The van der Waals surface area contributed by atoms with Crippen LogP contribution < -0.4 is 51.4 Å². The average molecular weight is 510 g/mol. The predicted octanol–water partition coefficient (Wildman–Crippen LogP) is 0.681. The molecule has 0 radical (unpaired) electrons. The molecule has 4 nitrogen and oxygen atoms in total. The molecule has 19 heteroatoms. The van der Waals surface area contributed by atoms with Gasteiger partial charge in [0.2, 0.25) is 0 Å². The molecule has 0 amide bonds. The van der Waals surface area contributed by atoms with Gasteiger partial charge in [-0.3, -0.25) is 0 Å². The minimum atomic E-state index is -8.00. The van der Waals surface area contributed by atoms with Crippen LogP contribution in [0.15, 0.2) is 0 Å². The Labute approximate surface area is 196 Å². The average Bonchev–Trinajstić information content (AvgIpc) is 2.43. The van der Waals surface area contributed by atoms with Gasteiger partial charge in [-0.05, 0) is 6.42 Å². The summed E-state index contributed by atoms with van der Waals surface area (Å²) in [6, 6.07) is 0. The fourth-order valence-corrected chi connectivity index (χ4v) is 1.90. The molecule has 0 unspecified atom stereocenters. The number of ether oxygens (including phenoxy) is 1. The molecule has 0 aliphatic carbocycles. The van der Waals surface area contributed by atoms with Crippen LogP contribution >= 0.6 is 0 Å². The first kappa shape index (κ1) is 31.8. The maximum Gasteiger partial charge on any atom is 1.00 e. The molecule has 0 heterocycles. The van der Waals surface area contributed by atoms with Crippen molar-refractivity contribution in [3.8, 4) is 0 Å². The Hall–Kier alpha value is 0.596. The molecule has 0 aliphatic heterocycles. The Bertz CT molecular complexity index is 646. The molecule has 0 atom stereocenters. The largest absolute Gasteiger partial charge is 1.00 e. The fraction of sp³-hybridized carbons (Fsp3) is 1.00. The predicted molar refractivity (Wildman–Crippen MR) is 60.8 cm³/mol. The van der Waals surface area contributed by atoms with Crippen LogP contribution in [0.25, 0.3) is 0 Å². The summed E-state index contributed by atoms with van der Waals surface area (Å²) in [6.07, 6.45) is -8.43. The van der Waals surface area contributed by atoms with Crippen molar-refractivity contribution >= 4 is 10.1 Å². The third-order valence-electron chi connectivity index (χ3n) is 2.96. The molecule has 0 aromatic heterocycles. The first-order valence-corrected chi connectivity index (χ1v) is 8.00. The SMILES string of the molecule is O=S(=O)([O-])CCCOCC(F)(F)C(F)(F)C(F)(F)C(F)(F)C(F)(F)C(F)(F)F.[K+]. The number of hydrogen-bond acceptors (Lipinski definition) is 4. The van der Waals surface area contributed by atoms with Crippen LogP contribution in [0.1, 0.15) is 6.42 Å². The number of alkyl halides is 13. The standard InChI is InChI=1S/C10H9F13O4S.K/c11-5(12,4-27-2-1-3-28(24,25)26)6(13,14)7(15,16)8(17,18)9(19,20)10(21,22)23;/h1-4H2,(H,24,25,26);/q;+1/p-1. The van der Waals surface area contributed by atoms with E-state index in [0.717, 1.165) is 0 Å². The second kappa shape index (κ2) is 9.61. The Morgan fingerprint density at radius 1 is 0.690 bits per heavy atom. The van der Waals surface area contributed by atoms with Crippen LogP contribution in [0.2, 0.25) is 0 Å². The minimum absolute atomic E-state index is 0. The monoisotopic (exact) mass is 510 g/mol. The number of halogens is 13. The molecule has 0 aliphatic rings. The first-order valence-electron chi connectivity index (χ1n) is 6.43. The van der Waals surface area contributed by atoms with Crippen LogP contribution in [-0.4, -0.2) is 67.7 Å². The molecule has 0 spiro atoms.